The normalized spacial score (nSPS) is 31.3. The monoisotopic (exact) mass is 170 g/mol. The number of rotatable bonds is 2. The van der Waals surface area contributed by atoms with Gasteiger partial charge in [-0.25, -0.2) is 0 Å². The fourth-order valence-electron chi connectivity index (χ4n) is 1.69. The molecule has 1 aliphatic carbocycles. The first-order valence-corrected chi connectivity index (χ1v) is 8.04. The van der Waals surface area contributed by atoms with Crippen molar-refractivity contribution in [2.45, 2.75) is 38.2 Å². The number of allylic oxidation sites excluding steroid dienone is 1. The standard InChI is InChI=1S/C9H18OSi/c1-11(2,3)7-8-4-5-9(10)6-8/h4-5,8-10H,6-7H2,1-3H3/t8-,9-/m1/s1. The molecule has 1 aliphatic rings. The fourth-order valence-corrected chi connectivity index (χ4v) is 3.57. The topological polar surface area (TPSA) is 20.2 Å². The van der Waals surface area contributed by atoms with Gasteiger partial charge in [-0.2, -0.15) is 0 Å². The van der Waals surface area contributed by atoms with Crippen LogP contribution in [0.15, 0.2) is 12.2 Å². The van der Waals surface area contributed by atoms with Gasteiger partial charge in [-0.05, 0) is 12.3 Å². The third-order valence-electron chi connectivity index (χ3n) is 2.02. The third-order valence-corrected chi connectivity index (χ3v) is 3.77. The van der Waals surface area contributed by atoms with Gasteiger partial charge < -0.3 is 5.11 Å². The molecule has 0 unspecified atom stereocenters. The maximum atomic E-state index is 9.23. The van der Waals surface area contributed by atoms with Crippen LogP contribution in [-0.4, -0.2) is 19.3 Å². The van der Waals surface area contributed by atoms with E-state index in [1.165, 1.54) is 6.04 Å². The summed E-state index contributed by atoms with van der Waals surface area (Å²) in [4.78, 5) is 0. The van der Waals surface area contributed by atoms with E-state index in [0.29, 0.717) is 5.92 Å². The molecule has 0 aromatic carbocycles. The lowest BCUT2D eigenvalue weighted by Gasteiger charge is -2.19. The predicted octanol–water partition coefficient (Wildman–Crippen LogP) is 2.26. The molecule has 1 nitrogen and oxygen atoms in total. The summed E-state index contributed by atoms with van der Waals surface area (Å²) in [5, 5.41) is 9.23. The average Bonchev–Trinajstić information content (AvgIpc) is 2.10. The second-order valence-electron chi connectivity index (χ2n) is 4.71. The summed E-state index contributed by atoms with van der Waals surface area (Å²) in [6.07, 6.45) is 4.93. The van der Waals surface area contributed by atoms with Crippen molar-refractivity contribution in [3.05, 3.63) is 12.2 Å². The van der Waals surface area contributed by atoms with E-state index < -0.39 is 8.07 Å². The molecule has 0 aromatic rings. The average molecular weight is 170 g/mol. The molecular formula is C9H18OSi. The van der Waals surface area contributed by atoms with Crippen LogP contribution in [0.5, 0.6) is 0 Å². The lowest BCUT2D eigenvalue weighted by Crippen LogP contribution is -2.23. The summed E-state index contributed by atoms with van der Waals surface area (Å²) in [6.45, 7) is 7.14. The van der Waals surface area contributed by atoms with Gasteiger partial charge in [0.2, 0.25) is 0 Å². The van der Waals surface area contributed by atoms with Crippen LogP contribution < -0.4 is 0 Å². The lowest BCUT2D eigenvalue weighted by molar-refractivity contribution is 0.212. The van der Waals surface area contributed by atoms with Crippen LogP contribution in [0, 0.1) is 5.92 Å². The van der Waals surface area contributed by atoms with Crippen molar-refractivity contribution >= 4 is 8.07 Å². The Morgan fingerprint density at radius 1 is 1.36 bits per heavy atom. The van der Waals surface area contributed by atoms with Crippen molar-refractivity contribution in [3.63, 3.8) is 0 Å². The zero-order chi connectivity index (χ0) is 8.48. The largest absolute Gasteiger partial charge is 0.389 e. The molecule has 0 fully saturated rings. The quantitative estimate of drug-likeness (QED) is 0.498. The summed E-state index contributed by atoms with van der Waals surface area (Å²) >= 11 is 0. The zero-order valence-electron chi connectivity index (χ0n) is 7.67. The number of aliphatic hydroxyl groups is 1. The van der Waals surface area contributed by atoms with Crippen molar-refractivity contribution in [2.24, 2.45) is 5.92 Å². The first kappa shape index (κ1) is 9.01. The Balaban J connectivity index is 2.36. The third kappa shape index (κ3) is 3.21. The molecule has 2 heteroatoms. The van der Waals surface area contributed by atoms with Crippen molar-refractivity contribution in [1.82, 2.24) is 0 Å². The van der Waals surface area contributed by atoms with E-state index in [1.54, 1.807) is 0 Å². The molecule has 64 valence electrons. The summed E-state index contributed by atoms with van der Waals surface area (Å²) in [7, 11) is -0.914. The Hall–Kier alpha value is -0.0831. The zero-order valence-corrected chi connectivity index (χ0v) is 8.67. The smallest absolute Gasteiger partial charge is 0.0726 e. The van der Waals surface area contributed by atoms with E-state index in [9.17, 15) is 5.11 Å². The van der Waals surface area contributed by atoms with Crippen molar-refractivity contribution in [2.75, 3.05) is 0 Å². The Bertz CT molecular complexity index is 157. The van der Waals surface area contributed by atoms with E-state index >= 15 is 0 Å². The van der Waals surface area contributed by atoms with Crippen molar-refractivity contribution in [3.8, 4) is 0 Å². The maximum absolute atomic E-state index is 9.23. The van der Waals surface area contributed by atoms with Gasteiger partial charge >= 0.3 is 0 Å². The Labute approximate surface area is 70.1 Å². The SMILES string of the molecule is C[Si](C)(C)C[C@@H]1C=C[C@@H](O)C1. The van der Waals surface area contributed by atoms with Crippen LogP contribution in [0.1, 0.15) is 6.42 Å². The van der Waals surface area contributed by atoms with Crippen LogP contribution >= 0.6 is 0 Å². The first-order valence-electron chi connectivity index (χ1n) is 4.34. The number of hydrogen-bond acceptors (Lipinski definition) is 1. The summed E-state index contributed by atoms with van der Waals surface area (Å²) in [6, 6.07) is 1.32. The van der Waals surface area contributed by atoms with Crippen LogP contribution in [0.2, 0.25) is 25.7 Å². The lowest BCUT2D eigenvalue weighted by atomic mass is 10.1. The Morgan fingerprint density at radius 3 is 2.36 bits per heavy atom. The van der Waals surface area contributed by atoms with E-state index in [4.69, 9.17) is 0 Å². The first-order chi connectivity index (χ1) is 4.97. The Morgan fingerprint density at radius 2 is 2.00 bits per heavy atom. The molecule has 0 heterocycles. The minimum atomic E-state index is -0.914. The molecular weight excluding hydrogens is 152 g/mol. The molecule has 0 bridgehead atoms. The molecule has 0 radical (unpaired) electrons. The molecule has 0 aliphatic heterocycles. The second kappa shape index (κ2) is 3.11. The molecule has 0 saturated heterocycles. The van der Waals surface area contributed by atoms with Gasteiger partial charge in [0.25, 0.3) is 0 Å². The van der Waals surface area contributed by atoms with Gasteiger partial charge in [0.15, 0.2) is 0 Å². The molecule has 0 amide bonds. The highest BCUT2D eigenvalue weighted by molar-refractivity contribution is 6.76. The van der Waals surface area contributed by atoms with E-state index in [-0.39, 0.29) is 6.10 Å². The van der Waals surface area contributed by atoms with Gasteiger partial charge in [0, 0.05) is 8.07 Å². The molecule has 0 saturated carbocycles. The van der Waals surface area contributed by atoms with Crippen LogP contribution in [-0.2, 0) is 0 Å². The Kier molecular flexibility index (Phi) is 2.55. The highest BCUT2D eigenvalue weighted by atomic mass is 28.3. The molecule has 2 atom stereocenters. The van der Waals surface area contributed by atoms with Gasteiger partial charge in [-0.3, -0.25) is 0 Å². The minimum absolute atomic E-state index is 0.156. The van der Waals surface area contributed by atoms with Gasteiger partial charge in [-0.15, -0.1) is 0 Å². The second-order valence-corrected chi connectivity index (χ2v) is 10.2. The maximum Gasteiger partial charge on any atom is 0.0726 e. The van der Waals surface area contributed by atoms with Crippen molar-refractivity contribution in [1.29, 1.82) is 0 Å². The molecule has 11 heavy (non-hydrogen) atoms. The van der Waals surface area contributed by atoms with Crippen LogP contribution in [0.25, 0.3) is 0 Å². The molecule has 0 spiro atoms. The van der Waals surface area contributed by atoms with E-state index in [0.717, 1.165) is 6.42 Å². The predicted molar refractivity (Wildman–Crippen MR) is 51.4 cm³/mol. The summed E-state index contributed by atoms with van der Waals surface area (Å²) in [5.41, 5.74) is 0. The van der Waals surface area contributed by atoms with Gasteiger partial charge in [-0.1, -0.05) is 37.8 Å². The van der Waals surface area contributed by atoms with Crippen LogP contribution in [0.3, 0.4) is 0 Å². The van der Waals surface area contributed by atoms with Crippen molar-refractivity contribution < 1.29 is 5.11 Å². The summed E-state index contributed by atoms with van der Waals surface area (Å²) < 4.78 is 0. The fraction of sp³-hybridized carbons (Fsp3) is 0.778. The molecule has 1 N–H and O–H groups in total. The summed E-state index contributed by atoms with van der Waals surface area (Å²) in [5.74, 6) is 0.664. The molecule has 1 rings (SSSR count). The highest BCUT2D eigenvalue weighted by Crippen LogP contribution is 2.26. The number of hydrogen-bond donors (Lipinski definition) is 1. The number of aliphatic hydroxyl groups excluding tert-OH is 1. The van der Waals surface area contributed by atoms with Gasteiger partial charge in [0.05, 0.1) is 6.10 Å². The minimum Gasteiger partial charge on any atom is -0.389 e. The highest BCUT2D eigenvalue weighted by Gasteiger charge is 2.23. The van der Waals surface area contributed by atoms with E-state index in [1.807, 2.05) is 6.08 Å². The van der Waals surface area contributed by atoms with E-state index in [2.05, 4.69) is 25.7 Å². The van der Waals surface area contributed by atoms with Gasteiger partial charge in [0.1, 0.15) is 0 Å². The van der Waals surface area contributed by atoms with Crippen LogP contribution in [0.4, 0.5) is 0 Å². The molecule has 0 aromatic heterocycles.